The van der Waals surface area contributed by atoms with Crippen molar-refractivity contribution in [1.29, 1.82) is 0 Å². The molecule has 0 bridgehead atoms. The number of hydrogen-bond donors (Lipinski definition) is 1. The lowest BCUT2D eigenvalue weighted by molar-refractivity contribution is -0.123. The highest BCUT2D eigenvalue weighted by Gasteiger charge is 2.34. The number of aryl methyl sites for hydroxylation is 2. The maximum Gasteiger partial charge on any atom is 0.293 e. The van der Waals surface area contributed by atoms with Crippen molar-refractivity contribution in [2.75, 3.05) is 11.9 Å². The first kappa shape index (κ1) is 24.6. The predicted molar refractivity (Wildman–Crippen MR) is 139 cm³/mol. The summed E-state index contributed by atoms with van der Waals surface area (Å²) in [7, 11) is 0. The number of anilines is 1. The number of carbonyl (C=O) groups is 3. The van der Waals surface area contributed by atoms with Crippen LogP contribution in [0, 0.1) is 13.8 Å². The van der Waals surface area contributed by atoms with E-state index in [0.29, 0.717) is 21.2 Å². The van der Waals surface area contributed by atoms with Crippen molar-refractivity contribution < 1.29 is 19.1 Å². The van der Waals surface area contributed by atoms with Gasteiger partial charge in [-0.15, -0.1) is 0 Å². The molecule has 0 unspecified atom stereocenters. The Bertz CT molecular complexity index is 1320. The molecular formula is C27H23ClN2O4S. The van der Waals surface area contributed by atoms with Crippen LogP contribution in [-0.2, 0) is 16.1 Å². The Morgan fingerprint density at radius 3 is 2.57 bits per heavy atom. The summed E-state index contributed by atoms with van der Waals surface area (Å²) in [4.78, 5) is 39.0. The maximum absolute atomic E-state index is 12.8. The number of amides is 3. The van der Waals surface area contributed by atoms with E-state index in [2.05, 4.69) is 5.32 Å². The summed E-state index contributed by atoms with van der Waals surface area (Å²) < 4.78 is 5.59. The average molecular weight is 507 g/mol. The molecule has 1 heterocycles. The van der Waals surface area contributed by atoms with Crippen molar-refractivity contribution in [2.45, 2.75) is 20.4 Å². The van der Waals surface area contributed by atoms with Crippen LogP contribution in [0.1, 0.15) is 22.3 Å². The number of ether oxygens (including phenoxy) is 1. The molecule has 6 nitrogen and oxygen atoms in total. The lowest BCUT2D eigenvalue weighted by atomic mass is 10.1. The molecule has 178 valence electrons. The molecule has 4 rings (SSSR count). The maximum atomic E-state index is 12.8. The van der Waals surface area contributed by atoms with E-state index in [1.165, 1.54) is 4.90 Å². The third-order valence-electron chi connectivity index (χ3n) is 5.34. The number of halogens is 1. The summed E-state index contributed by atoms with van der Waals surface area (Å²) in [6, 6.07) is 20.1. The van der Waals surface area contributed by atoms with E-state index < -0.39 is 0 Å². The fraction of sp³-hybridized carbons (Fsp3) is 0.148. The molecule has 0 aliphatic carbocycles. The van der Waals surface area contributed by atoms with Crippen molar-refractivity contribution in [2.24, 2.45) is 0 Å². The number of carbonyl (C=O) groups excluding carboxylic acids is 3. The summed E-state index contributed by atoms with van der Waals surface area (Å²) >= 11 is 7.24. The first-order valence-corrected chi connectivity index (χ1v) is 12.1. The van der Waals surface area contributed by atoms with Crippen molar-refractivity contribution >= 4 is 52.2 Å². The van der Waals surface area contributed by atoms with Crippen molar-refractivity contribution in [3.63, 3.8) is 0 Å². The van der Waals surface area contributed by atoms with Gasteiger partial charge in [-0.2, -0.15) is 0 Å². The van der Waals surface area contributed by atoms with Crippen LogP contribution in [0.3, 0.4) is 0 Å². The minimum Gasteiger partial charge on any atom is -0.482 e. The minimum absolute atomic E-state index is 0.204. The highest BCUT2D eigenvalue weighted by atomic mass is 35.5. The van der Waals surface area contributed by atoms with E-state index >= 15 is 0 Å². The third-order valence-corrected chi connectivity index (χ3v) is 6.54. The van der Waals surface area contributed by atoms with Gasteiger partial charge in [0.15, 0.2) is 6.61 Å². The van der Waals surface area contributed by atoms with Crippen LogP contribution in [0.5, 0.6) is 5.75 Å². The Morgan fingerprint density at radius 2 is 1.83 bits per heavy atom. The normalized spacial score (nSPS) is 14.5. The fourth-order valence-electron chi connectivity index (χ4n) is 3.48. The van der Waals surface area contributed by atoms with Gasteiger partial charge in [-0.1, -0.05) is 60.1 Å². The standard InChI is InChI=1S/C27H23ClN2O4S/c1-17-8-9-18(2)22(12-17)29-25(31)16-34-23-11-10-20(13-21(23)28)14-24-26(32)30(27(33)35-24)15-19-6-4-3-5-7-19/h3-14H,15-16H2,1-2H3,(H,29,31)/b24-14-. The highest BCUT2D eigenvalue weighted by molar-refractivity contribution is 8.18. The van der Waals surface area contributed by atoms with E-state index in [4.69, 9.17) is 16.3 Å². The third kappa shape index (κ3) is 6.12. The van der Waals surface area contributed by atoms with Crippen LogP contribution < -0.4 is 10.1 Å². The first-order valence-electron chi connectivity index (χ1n) is 10.9. The van der Waals surface area contributed by atoms with Gasteiger partial charge in [-0.05, 0) is 72.1 Å². The minimum atomic E-state index is -0.344. The van der Waals surface area contributed by atoms with E-state index in [9.17, 15) is 14.4 Å². The van der Waals surface area contributed by atoms with Gasteiger partial charge < -0.3 is 10.1 Å². The molecule has 35 heavy (non-hydrogen) atoms. The van der Waals surface area contributed by atoms with Crippen LogP contribution in [0.2, 0.25) is 5.02 Å². The van der Waals surface area contributed by atoms with Crippen LogP contribution in [0.4, 0.5) is 10.5 Å². The summed E-state index contributed by atoms with van der Waals surface area (Å²) in [5.74, 6) is -0.300. The zero-order valence-electron chi connectivity index (χ0n) is 19.2. The van der Waals surface area contributed by atoms with E-state index in [1.807, 2.05) is 62.4 Å². The van der Waals surface area contributed by atoms with E-state index in [-0.39, 0.29) is 30.2 Å². The topological polar surface area (TPSA) is 75.7 Å². The molecule has 0 atom stereocenters. The number of thioether (sulfide) groups is 1. The molecule has 1 N–H and O–H groups in total. The first-order chi connectivity index (χ1) is 16.8. The number of nitrogens with one attached hydrogen (secondary N) is 1. The highest BCUT2D eigenvalue weighted by Crippen LogP contribution is 2.34. The van der Waals surface area contributed by atoms with Gasteiger partial charge in [0.05, 0.1) is 16.5 Å². The quantitative estimate of drug-likeness (QED) is 0.385. The van der Waals surface area contributed by atoms with Crippen LogP contribution in [-0.4, -0.2) is 28.6 Å². The number of hydrogen-bond acceptors (Lipinski definition) is 5. The molecule has 1 fully saturated rings. The summed E-state index contributed by atoms with van der Waals surface area (Å²) in [5.41, 5.74) is 4.26. The molecule has 1 saturated heterocycles. The Kier molecular flexibility index (Phi) is 7.58. The second kappa shape index (κ2) is 10.8. The molecule has 8 heteroatoms. The molecule has 0 spiro atoms. The second-order valence-corrected chi connectivity index (χ2v) is 9.50. The van der Waals surface area contributed by atoms with Crippen molar-refractivity contribution in [3.8, 4) is 5.75 Å². The summed E-state index contributed by atoms with van der Waals surface area (Å²) in [5, 5.41) is 2.82. The van der Waals surface area contributed by atoms with E-state index in [1.54, 1.807) is 24.3 Å². The van der Waals surface area contributed by atoms with Gasteiger partial charge in [0.25, 0.3) is 17.1 Å². The Morgan fingerprint density at radius 1 is 1.06 bits per heavy atom. The van der Waals surface area contributed by atoms with Crippen molar-refractivity contribution in [3.05, 3.63) is 98.9 Å². The average Bonchev–Trinajstić information content (AvgIpc) is 3.09. The number of benzene rings is 3. The lowest BCUT2D eigenvalue weighted by Gasteiger charge is -2.12. The molecule has 0 saturated carbocycles. The van der Waals surface area contributed by atoms with E-state index in [0.717, 1.165) is 34.1 Å². The molecule has 1 aliphatic rings. The second-order valence-electron chi connectivity index (χ2n) is 8.10. The van der Waals surface area contributed by atoms with Gasteiger partial charge >= 0.3 is 0 Å². The molecule has 3 amide bonds. The zero-order chi connectivity index (χ0) is 24.9. The fourth-order valence-corrected chi connectivity index (χ4v) is 4.56. The molecule has 1 aliphatic heterocycles. The SMILES string of the molecule is Cc1ccc(C)c(NC(=O)COc2ccc(/C=C3\SC(=O)N(Cc4ccccc4)C3=O)cc2Cl)c1. The molecule has 3 aromatic rings. The van der Waals surface area contributed by atoms with Gasteiger partial charge in [0, 0.05) is 5.69 Å². The Hall–Kier alpha value is -3.55. The number of imide groups is 1. The summed E-state index contributed by atoms with van der Waals surface area (Å²) in [6.07, 6.45) is 1.62. The Labute approximate surface area is 212 Å². The van der Waals surface area contributed by atoms with Gasteiger partial charge in [-0.3, -0.25) is 19.3 Å². The van der Waals surface area contributed by atoms with Crippen LogP contribution in [0.15, 0.2) is 71.6 Å². The lowest BCUT2D eigenvalue weighted by Crippen LogP contribution is -2.27. The smallest absolute Gasteiger partial charge is 0.293 e. The molecule has 0 aromatic heterocycles. The monoisotopic (exact) mass is 506 g/mol. The molecule has 0 radical (unpaired) electrons. The van der Waals surface area contributed by atoms with Gasteiger partial charge in [0.1, 0.15) is 5.75 Å². The number of nitrogens with zero attached hydrogens (tertiary/aromatic N) is 1. The van der Waals surface area contributed by atoms with Crippen molar-refractivity contribution in [1.82, 2.24) is 4.90 Å². The summed E-state index contributed by atoms with van der Waals surface area (Å²) in [6.45, 7) is 3.89. The predicted octanol–water partition coefficient (Wildman–Crippen LogP) is 6.21. The van der Waals surface area contributed by atoms with Gasteiger partial charge in [-0.25, -0.2) is 0 Å². The van der Waals surface area contributed by atoms with Crippen LogP contribution >= 0.6 is 23.4 Å². The molecule has 3 aromatic carbocycles. The molecular weight excluding hydrogens is 484 g/mol. The van der Waals surface area contributed by atoms with Gasteiger partial charge in [0.2, 0.25) is 0 Å². The largest absolute Gasteiger partial charge is 0.482 e. The van der Waals surface area contributed by atoms with Crippen LogP contribution in [0.25, 0.3) is 6.08 Å². The Balaban J connectivity index is 1.39. The number of rotatable bonds is 7. The zero-order valence-corrected chi connectivity index (χ0v) is 20.8.